The smallest absolute Gasteiger partial charge is 0.198 e. The van der Waals surface area contributed by atoms with E-state index in [0.29, 0.717) is 0 Å². The number of hydrogen-bond acceptors (Lipinski definition) is 0. The van der Waals surface area contributed by atoms with Crippen molar-refractivity contribution >= 4 is 11.9 Å². The first-order valence-corrected chi connectivity index (χ1v) is 5.38. The van der Waals surface area contributed by atoms with Gasteiger partial charge in [-0.25, -0.2) is 0 Å². The van der Waals surface area contributed by atoms with Gasteiger partial charge >= 0.3 is 0 Å². The Labute approximate surface area is 86.1 Å². The molecule has 0 fully saturated rings. The second-order valence-corrected chi connectivity index (χ2v) is 4.59. The summed E-state index contributed by atoms with van der Waals surface area (Å²) in [6.45, 7) is 4.63. The van der Waals surface area contributed by atoms with Crippen LogP contribution < -0.4 is 0 Å². The van der Waals surface area contributed by atoms with Crippen LogP contribution in [0.1, 0.15) is 33.1 Å². The maximum atomic E-state index is 2.41. The van der Waals surface area contributed by atoms with E-state index in [2.05, 4.69) is 55.0 Å². The standard InChI is InChI=1S/C13H18N/c1-13(2)10-6-7-11-14(13)12-8-4-3-5-9-12/h3-5,8-9,11H,6-7,10H2,1-2H3/q+1. The molecule has 1 aromatic carbocycles. The molecule has 0 bridgehead atoms. The van der Waals surface area contributed by atoms with Gasteiger partial charge in [0.2, 0.25) is 5.69 Å². The van der Waals surface area contributed by atoms with Gasteiger partial charge in [-0.2, -0.15) is 4.58 Å². The summed E-state index contributed by atoms with van der Waals surface area (Å²) in [7, 11) is 0. The molecule has 1 heteroatoms. The molecule has 1 heterocycles. The maximum absolute atomic E-state index is 2.41. The van der Waals surface area contributed by atoms with E-state index >= 15 is 0 Å². The molecule has 74 valence electrons. The summed E-state index contributed by atoms with van der Waals surface area (Å²) in [5, 5.41) is 0. The molecular weight excluding hydrogens is 170 g/mol. The Morgan fingerprint density at radius 1 is 1.14 bits per heavy atom. The van der Waals surface area contributed by atoms with E-state index in [-0.39, 0.29) is 5.54 Å². The topological polar surface area (TPSA) is 3.01 Å². The zero-order chi connectivity index (χ0) is 10.0. The summed E-state index contributed by atoms with van der Waals surface area (Å²) in [5.74, 6) is 0. The lowest BCUT2D eigenvalue weighted by Gasteiger charge is -2.25. The van der Waals surface area contributed by atoms with Crippen LogP contribution in [0.4, 0.5) is 5.69 Å². The van der Waals surface area contributed by atoms with E-state index in [0.717, 1.165) is 0 Å². The van der Waals surface area contributed by atoms with Gasteiger partial charge in [0.15, 0.2) is 5.54 Å². The van der Waals surface area contributed by atoms with Crippen LogP contribution in [0.15, 0.2) is 30.3 Å². The largest absolute Gasteiger partial charge is 0.205 e. The third-order valence-corrected chi connectivity index (χ3v) is 2.99. The van der Waals surface area contributed by atoms with Crippen LogP contribution in [0.3, 0.4) is 0 Å². The predicted molar refractivity (Wildman–Crippen MR) is 60.4 cm³/mol. The fourth-order valence-corrected chi connectivity index (χ4v) is 2.17. The fraction of sp³-hybridized carbons (Fsp3) is 0.462. The molecule has 0 N–H and O–H groups in total. The van der Waals surface area contributed by atoms with E-state index < -0.39 is 0 Å². The van der Waals surface area contributed by atoms with E-state index in [9.17, 15) is 0 Å². The van der Waals surface area contributed by atoms with Crippen LogP contribution in [-0.2, 0) is 0 Å². The van der Waals surface area contributed by atoms with Crippen LogP contribution in [0, 0.1) is 0 Å². The first kappa shape index (κ1) is 9.45. The molecule has 1 nitrogen and oxygen atoms in total. The molecule has 0 aromatic heterocycles. The fourth-order valence-electron chi connectivity index (χ4n) is 2.17. The van der Waals surface area contributed by atoms with E-state index in [1.54, 1.807) is 0 Å². The third-order valence-electron chi connectivity index (χ3n) is 2.99. The van der Waals surface area contributed by atoms with Crippen molar-refractivity contribution in [2.75, 3.05) is 0 Å². The van der Waals surface area contributed by atoms with Crippen LogP contribution in [0.2, 0.25) is 0 Å². The second-order valence-electron chi connectivity index (χ2n) is 4.59. The predicted octanol–water partition coefficient (Wildman–Crippen LogP) is 3.36. The molecule has 1 aromatic rings. The Morgan fingerprint density at radius 2 is 1.86 bits per heavy atom. The summed E-state index contributed by atoms with van der Waals surface area (Å²) in [6.07, 6.45) is 6.13. The van der Waals surface area contributed by atoms with Crippen molar-refractivity contribution in [3.63, 3.8) is 0 Å². The third kappa shape index (κ3) is 1.72. The van der Waals surface area contributed by atoms with Gasteiger partial charge in [-0.05, 0) is 6.42 Å². The Kier molecular flexibility index (Phi) is 2.40. The molecule has 1 aliphatic heterocycles. The lowest BCUT2D eigenvalue weighted by molar-refractivity contribution is -0.527. The Morgan fingerprint density at radius 3 is 2.50 bits per heavy atom. The summed E-state index contributed by atoms with van der Waals surface area (Å²) in [6, 6.07) is 10.6. The van der Waals surface area contributed by atoms with Crippen molar-refractivity contribution < 1.29 is 4.58 Å². The number of para-hydroxylation sites is 1. The molecule has 2 rings (SSSR count). The van der Waals surface area contributed by atoms with Gasteiger partial charge in [0, 0.05) is 38.8 Å². The average molecular weight is 188 g/mol. The van der Waals surface area contributed by atoms with Gasteiger partial charge in [0.25, 0.3) is 0 Å². The summed E-state index contributed by atoms with van der Waals surface area (Å²) in [5.41, 5.74) is 1.59. The first-order valence-electron chi connectivity index (χ1n) is 5.38. The van der Waals surface area contributed by atoms with Gasteiger partial charge in [0.05, 0.1) is 0 Å². The van der Waals surface area contributed by atoms with Gasteiger partial charge in [-0.15, -0.1) is 0 Å². The molecule has 1 aliphatic rings. The van der Waals surface area contributed by atoms with Crippen molar-refractivity contribution in [2.45, 2.75) is 38.6 Å². The maximum Gasteiger partial charge on any atom is 0.205 e. The molecule has 0 saturated carbocycles. The highest BCUT2D eigenvalue weighted by molar-refractivity contribution is 5.55. The normalized spacial score (nSPS) is 20.3. The lowest BCUT2D eigenvalue weighted by Crippen LogP contribution is -2.36. The Hall–Kier alpha value is -1.11. The minimum absolute atomic E-state index is 0.277. The summed E-state index contributed by atoms with van der Waals surface area (Å²) in [4.78, 5) is 0. The van der Waals surface area contributed by atoms with Gasteiger partial charge in [-0.3, -0.25) is 0 Å². The molecule has 0 saturated heterocycles. The van der Waals surface area contributed by atoms with Crippen molar-refractivity contribution in [1.29, 1.82) is 0 Å². The molecular formula is C13H18N+. The second kappa shape index (κ2) is 3.56. The van der Waals surface area contributed by atoms with Gasteiger partial charge < -0.3 is 0 Å². The lowest BCUT2D eigenvalue weighted by atomic mass is 9.93. The number of benzene rings is 1. The minimum atomic E-state index is 0.277. The molecule has 0 atom stereocenters. The van der Waals surface area contributed by atoms with Crippen molar-refractivity contribution in [3.8, 4) is 0 Å². The van der Waals surface area contributed by atoms with Crippen LogP contribution in [0.5, 0.6) is 0 Å². The molecule has 0 unspecified atom stereocenters. The van der Waals surface area contributed by atoms with Crippen LogP contribution >= 0.6 is 0 Å². The van der Waals surface area contributed by atoms with E-state index in [1.165, 1.54) is 24.9 Å². The van der Waals surface area contributed by atoms with Crippen molar-refractivity contribution in [1.82, 2.24) is 0 Å². The van der Waals surface area contributed by atoms with Crippen molar-refractivity contribution in [3.05, 3.63) is 30.3 Å². The molecule has 14 heavy (non-hydrogen) atoms. The van der Waals surface area contributed by atoms with Gasteiger partial charge in [-0.1, -0.05) is 18.2 Å². The highest BCUT2D eigenvalue weighted by Gasteiger charge is 2.33. The van der Waals surface area contributed by atoms with E-state index in [1.807, 2.05) is 0 Å². The summed E-state index contributed by atoms with van der Waals surface area (Å²) < 4.78 is 2.41. The Balaban J connectivity index is 2.38. The molecule has 0 spiro atoms. The minimum Gasteiger partial charge on any atom is -0.198 e. The zero-order valence-corrected chi connectivity index (χ0v) is 9.03. The van der Waals surface area contributed by atoms with Crippen LogP contribution in [0.25, 0.3) is 0 Å². The van der Waals surface area contributed by atoms with Gasteiger partial charge in [0.1, 0.15) is 6.21 Å². The number of hydrogen-bond donors (Lipinski definition) is 0. The Bertz CT molecular complexity index is 336. The van der Waals surface area contributed by atoms with Crippen LogP contribution in [-0.4, -0.2) is 16.3 Å². The molecule has 0 amide bonds. The highest BCUT2D eigenvalue weighted by atomic mass is 15.1. The molecule has 0 aliphatic carbocycles. The van der Waals surface area contributed by atoms with E-state index in [4.69, 9.17) is 0 Å². The zero-order valence-electron chi connectivity index (χ0n) is 9.03. The summed E-state index contributed by atoms with van der Waals surface area (Å²) >= 11 is 0. The number of nitrogens with zero attached hydrogens (tertiary/aromatic N) is 1. The van der Waals surface area contributed by atoms with Crippen molar-refractivity contribution in [2.24, 2.45) is 0 Å². The first-order chi connectivity index (χ1) is 6.70. The SMILES string of the molecule is CC1(C)CCCC=[N+]1c1ccccc1. The average Bonchev–Trinajstić information content (AvgIpc) is 2.18. The highest BCUT2D eigenvalue weighted by Crippen LogP contribution is 2.28. The quantitative estimate of drug-likeness (QED) is 0.594. The molecule has 0 radical (unpaired) electrons. The number of rotatable bonds is 1. The monoisotopic (exact) mass is 188 g/mol.